The largest absolute Gasteiger partial charge is 0.508 e. The first-order valence-corrected chi connectivity index (χ1v) is 7.33. The molecular formula is C16H15N3O3S. The monoisotopic (exact) mass is 329 g/mol. The molecule has 0 amide bonds. The van der Waals surface area contributed by atoms with Crippen LogP contribution in [-0.4, -0.2) is 30.1 Å². The zero-order valence-electron chi connectivity index (χ0n) is 12.3. The molecule has 0 unspecified atom stereocenters. The number of rotatable bonds is 3. The highest BCUT2D eigenvalue weighted by molar-refractivity contribution is 7.80. The van der Waals surface area contributed by atoms with Crippen molar-refractivity contribution in [1.29, 1.82) is 0 Å². The lowest BCUT2D eigenvalue weighted by Crippen LogP contribution is -2.02. The van der Waals surface area contributed by atoms with Gasteiger partial charge in [-0.15, -0.1) is 22.8 Å². The summed E-state index contributed by atoms with van der Waals surface area (Å²) in [5.41, 5.74) is 2.86. The molecule has 23 heavy (non-hydrogen) atoms. The summed E-state index contributed by atoms with van der Waals surface area (Å²) in [6, 6.07) is 9.80. The predicted molar refractivity (Wildman–Crippen MR) is 88.0 cm³/mol. The molecule has 1 heterocycles. The molecule has 0 spiro atoms. The number of thiol groups is 1. The molecule has 0 aliphatic rings. The molecule has 118 valence electrons. The number of benzene rings is 2. The Kier molecular flexibility index (Phi) is 3.97. The van der Waals surface area contributed by atoms with Crippen molar-refractivity contribution in [2.24, 2.45) is 0 Å². The van der Waals surface area contributed by atoms with Gasteiger partial charge in [0.1, 0.15) is 11.5 Å². The van der Waals surface area contributed by atoms with Gasteiger partial charge in [0.25, 0.3) is 0 Å². The lowest BCUT2D eigenvalue weighted by Gasteiger charge is -2.13. The lowest BCUT2D eigenvalue weighted by atomic mass is 10.1. The van der Waals surface area contributed by atoms with Gasteiger partial charge >= 0.3 is 0 Å². The SMILES string of the molecule is Cc1ccc(CO)cc1-n1c(S)nnc1-c1ccc(O)cc1O. The van der Waals surface area contributed by atoms with E-state index in [0.717, 1.165) is 16.8 Å². The Morgan fingerprint density at radius 1 is 1.09 bits per heavy atom. The molecule has 0 atom stereocenters. The number of aryl methyl sites for hydroxylation is 1. The molecule has 3 rings (SSSR count). The number of phenolic OH excluding ortho intramolecular Hbond substituents is 2. The Hall–Kier alpha value is -2.51. The summed E-state index contributed by atoms with van der Waals surface area (Å²) in [5.74, 6) is 0.246. The van der Waals surface area contributed by atoms with Crippen molar-refractivity contribution in [3.8, 4) is 28.6 Å². The summed E-state index contributed by atoms with van der Waals surface area (Å²) >= 11 is 4.34. The van der Waals surface area contributed by atoms with E-state index in [4.69, 9.17) is 0 Å². The molecule has 3 aromatic rings. The van der Waals surface area contributed by atoms with Crippen LogP contribution in [0.4, 0.5) is 0 Å². The van der Waals surface area contributed by atoms with Crippen molar-refractivity contribution in [3.63, 3.8) is 0 Å². The van der Waals surface area contributed by atoms with E-state index in [2.05, 4.69) is 22.8 Å². The highest BCUT2D eigenvalue weighted by Gasteiger charge is 2.18. The van der Waals surface area contributed by atoms with E-state index in [0.29, 0.717) is 16.5 Å². The van der Waals surface area contributed by atoms with Gasteiger partial charge in [-0.05, 0) is 36.2 Å². The van der Waals surface area contributed by atoms with Crippen LogP contribution in [0.25, 0.3) is 17.1 Å². The summed E-state index contributed by atoms with van der Waals surface area (Å²) < 4.78 is 1.68. The van der Waals surface area contributed by atoms with E-state index in [9.17, 15) is 15.3 Å². The van der Waals surface area contributed by atoms with Gasteiger partial charge in [-0.2, -0.15) is 0 Å². The zero-order valence-corrected chi connectivity index (χ0v) is 13.2. The molecule has 0 radical (unpaired) electrons. The molecule has 0 bridgehead atoms. The molecule has 1 aromatic heterocycles. The molecular weight excluding hydrogens is 314 g/mol. The van der Waals surface area contributed by atoms with Gasteiger partial charge in [-0.25, -0.2) is 0 Å². The minimum absolute atomic E-state index is 0.0399. The fourth-order valence-corrected chi connectivity index (χ4v) is 2.62. The van der Waals surface area contributed by atoms with Crippen LogP contribution in [0, 0.1) is 6.92 Å². The number of hydrogen-bond acceptors (Lipinski definition) is 6. The Bertz CT molecular complexity index is 877. The maximum absolute atomic E-state index is 10.1. The molecule has 7 heteroatoms. The van der Waals surface area contributed by atoms with Crippen molar-refractivity contribution in [2.75, 3.05) is 0 Å². The van der Waals surface area contributed by atoms with E-state index in [1.54, 1.807) is 10.6 Å². The molecule has 0 saturated carbocycles. The maximum Gasteiger partial charge on any atom is 0.193 e. The third kappa shape index (κ3) is 2.76. The number of aliphatic hydroxyl groups is 1. The van der Waals surface area contributed by atoms with Crippen molar-refractivity contribution in [3.05, 3.63) is 47.5 Å². The van der Waals surface area contributed by atoms with E-state index < -0.39 is 0 Å². The van der Waals surface area contributed by atoms with Crippen molar-refractivity contribution in [1.82, 2.24) is 14.8 Å². The highest BCUT2D eigenvalue weighted by Crippen LogP contribution is 2.34. The second-order valence-corrected chi connectivity index (χ2v) is 5.54. The maximum atomic E-state index is 10.1. The van der Waals surface area contributed by atoms with Gasteiger partial charge in [0.15, 0.2) is 11.0 Å². The average molecular weight is 329 g/mol. The van der Waals surface area contributed by atoms with Crippen molar-refractivity contribution < 1.29 is 15.3 Å². The van der Waals surface area contributed by atoms with E-state index >= 15 is 0 Å². The molecule has 0 fully saturated rings. The van der Waals surface area contributed by atoms with Crippen LogP contribution in [0.2, 0.25) is 0 Å². The third-order valence-corrected chi connectivity index (χ3v) is 3.85. The van der Waals surface area contributed by atoms with Crippen molar-refractivity contribution in [2.45, 2.75) is 18.7 Å². The first-order chi connectivity index (χ1) is 11.0. The number of aromatic hydroxyl groups is 2. The second kappa shape index (κ2) is 5.94. The summed E-state index contributed by atoms with van der Waals surface area (Å²) in [7, 11) is 0. The van der Waals surface area contributed by atoms with Crippen LogP contribution in [0.1, 0.15) is 11.1 Å². The van der Waals surface area contributed by atoms with Gasteiger partial charge in [0.2, 0.25) is 0 Å². The van der Waals surface area contributed by atoms with Gasteiger partial charge in [-0.1, -0.05) is 12.1 Å². The first-order valence-electron chi connectivity index (χ1n) is 6.88. The lowest BCUT2D eigenvalue weighted by molar-refractivity contribution is 0.282. The Labute approximate surface area is 138 Å². The van der Waals surface area contributed by atoms with Crippen LogP contribution in [0.5, 0.6) is 11.5 Å². The number of phenols is 2. The fraction of sp³-hybridized carbons (Fsp3) is 0.125. The average Bonchev–Trinajstić information content (AvgIpc) is 2.89. The van der Waals surface area contributed by atoms with E-state index in [-0.39, 0.29) is 18.1 Å². The molecule has 0 aliphatic heterocycles. The smallest absolute Gasteiger partial charge is 0.193 e. The van der Waals surface area contributed by atoms with Crippen molar-refractivity contribution >= 4 is 12.6 Å². The molecule has 0 saturated heterocycles. The van der Waals surface area contributed by atoms with Crippen LogP contribution in [0.3, 0.4) is 0 Å². The third-order valence-electron chi connectivity index (χ3n) is 3.57. The van der Waals surface area contributed by atoms with E-state index in [1.807, 2.05) is 25.1 Å². The van der Waals surface area contributed by atoms with E-state index in [1.165, 1.54) is 12.1 Å². The summed E-state index contributed by atoms with van der Waals surface area (Å²) in [6.07, 6.45) is 0. The quantitative estimate of drug-likeness (QED) is 0.554. The minimum atomic E-state index is -0.108. The summed E-state index contributed by atoms with van der Waals surface area (Å²) in [5, 5.41) is 37.3. The summed E-state index contributed by atoms with van der Waals surface area (Å²) in [4.78, 5) is 0. The fourth-order valence-electron chi connectivity index (χ4n) is 2.38. The molecule has 6 nitrogen and oxygen atoms in total. The topological polar surface area (TPSA) is 91.4 Å². The van der Waals surface area contributed by atoms with Gasteiger partial charge in [0.05, 0.1) is 17.9 Å². The standard InChI is InChI=1S/C16H15N3O3S/c1-9-2-3-10(8-20)6-13(9)19-15(17-18-16(19)23)12-5-4-11(21)7-14(12)22/h2-7,20-22H,8H2,1H3,(H,18,23). The molecule has 0 aliphatic carbocycles. The van der Waals surface area contributed by atoms with Gasteiger partial charge < -0.3 is 15.3 Å². The number of aromatic nitrogens is 3. The number of aliphatic hydroxyl groups excluding tert-OH is 1. The zero-order chi connectivity index (χ0) is 16.6. The Morgan fingerprint density at radius 2 is 1.87 bits per heavy atom. The molecule has 2 aromatic carbocycles. The number of hydrogen-bond donors (Lipinski definition) is 4. The second-order valence-electron chi connectivity index (χ2n) is 5.14. The Balaban J connectivity index is 2.24. The first kappa shape index (κ1) is 15.4. The minimum Gasteiger partial charge on any atom is -0.508 e. The highest BCUT2D eigenvalue weighted by atomic mass is 32.1. The Morgan fingerprint density at radius 3 is 2.57 bits per heavy atom. The predicted octanol–water partition coefficient (Wildman–Crippen LogP) is 2.43. The van der Waals surface area contributed by atoms with Crippen LogP contribution >= 0.6 is 12.6 Å². The normalized spacial score (nSPS) is 10.9. The van der Waals surface area contributed by atoms with Gasteiger partial charge in [0, 0.05) is 6.07 Å². The van der Waals surface area contributed by atoms with Crippen LogP contribution in [-0.2, 0) is 6.61 Å². The van der Waals surface area contributed by atoms with Crippen LogP contribution < -0.4 is 0 Å². The number of nitrogens with zero attached hydrogens (tertiary/aromatic N) is 3. The van der Waals surface area contributed by atoms with Gasteiger partial charge in [-0.3, -0.25) is 4.57 Å². The summed E-state index contributed by atoms with van der Waals surface area (Å²) in [6.45, 7) is 1.83. The van der Waals surface area contributed by atoms with Crippen LogP contribution in [0.15, 0.2) is 41.6 Å². The molecule has 3 N–H and O–H groups in total.